The maximum Gasteiger partial charge on any atom is 0.227 e. The molecular weight excluding hydrogens is 272 g/mol. The molecule has 0 bridgehead atoms. The molecule has 0 unspecified atom stereocenters. The van der Waals surface area contributed by atoms with Crippen molar-refractivity contribution in [3.63, 3.8) is 0 Å². The number of halogens is 2. The van der Waals surface area contributed by atoms with Gasteiger partial charge in [-0.1, -0.05) is 30.3 Å². The predicted octanol–water partition coefficient (Wildman–Crippen LogP) is 3.47. The van der Waals surface area contributed by atoms with Crippen LogP contribution in [0.1, 0.15) is 16.7 Å². The molecule has 0 N–H and O–H groups in total. The highest BCUT2D eigenvalue weighted by Gasteiger charge is 2.12. The van der Waals surface area contributed by atoms with Crippen LogP contribution in [0.5, 0.6) is 0 Å². The van der Waals surface area contributed by atoms with Crippen molar-refractivity contribution in [1.82, 2.24) is 4.90 Å². The number of amides is 1. The molecule has 0 saturated carbocycles. The van der Waals surface area contributed by atoms with Crippen LogP contribution in [0.25, 0.3) is 0 Å². The van der Waals surface area contributed by atoms with E-state index in [2.05, 4.69) is 0 Å². The van der Waals surface area contributed by atoms with Gasteiger partial charge < -0.3 is 4.90 Å². The van der Waals surface area contributed by atoms with Crippen molar-refractivity contribution in [2.24, 2.45) is 0 Å². The zero-order valence-corrected chi connectivity index (χ0v) is 12.1. The van der Waals surface area contributed by atoms with E-state index in [0.29, 0.717) is 12.0 Å². The van der Waals surface area contributed by atoms with Crippen LogP contribution in [-0.4, -0.2) is 17.9 Å². The third-order valence-corrected chi connectivity index (χ3v) is 3.43. The SMILES string of the molecule is Cc1ccccc1CC(=O)N(C)Cc1ccc(F)c(F)c1. The summed E-state index contributed by atoms with van der Waals surface area (Å²) in [5.74, 6) is -1.84. The molecule has 4 heteroatoms. The highest BCUT2D eigenvalue weighted by atomic mass is 19.2. The third-order valence-electron chi connectivity index (χ3n) is 3.43. The summed E-state index contributed by atoms with van der Waals surface area (Å²) >= 11 is 0. The number of rotatable bonds is 4. The molecule has 0 aliphatic heterocycles. The van der Waals surface area contributed by atoms with Gasteiger partial charge in [0.05, 0.1) is 6.42 Å². The van der Waals surface area contributed by atoms with Crippen LogP contribution in [-0.2, 0) is 17.8 Å². The summed E-state index contributed by atoms with van der Waals surface area (Å²) in [7, 11) is 1.65. The van der Waals surface area contributed by atoms with Crippen molar-refractivity contribution in [3.05, 3.63) is 70.8 Å². The van der Waals surface area contributed by atoms with E-state index in [1.54, 1.807) is 7.05 Å². The highest BCUT2D eigenvalue weighted by Crippen LogP contribution is 2.13. The summed E-state index contributed by atoms with van der Waals surface area (Å²) in [6, 6.07) is 11.4. The zero-order valence-electron chi connectivity index (χ0n) is 12.1. The first kappa shape index (κ1) is 15.2. The van der Waals surface area contributed by atoms with E-state index >= 15 is 0 Å². The molecule has 2 aromatic rings. The molecule has 0 radical (unpaired) electrons. The van der Waals surface area contributed by atoms with Gasteiger partial charge in [-0.25, -0.2) is 8.78 Å². The summed E-state index contributed by atoms with van der Waals surface area (Å²) in [6.07, 6.45) is 0.298. The summed E-state index contributed by atoms with van der Waals surface area (Å²) in [5.41, 5.74) is 2.60. The average Bonchev–Trinajstić information content (AvgIpc) is 2.45. The van der Waals surface area contributed by atoms with E-state index in [1.165, 1.54) is 11.0 Å². The molecule has 0 fully saturated rings. The zero-order chi connectivity index (χ0) is 15.4. The lowest BCUT2D eigenvalue weighted by atomic mass is 10.1. The smallest absolute Gasteiger partial charge is 0.227 e. The van der Waals surface area contributed by atoms with Crippen LogP contribution in [0.4, 0.5) is 8.78 Å². The Kier molecular flexibility index (Phi) is 4.68. The van der Waals surface area contributed by atoms with Gasteiger partial charge in [-0.3, -0.25) is 4.79 Å². The van der Waals surface area contributed by atoms with E-state index in [1.807, 2.05) is 31.2 Å². The molecule has 0 aliphatic rings. The topological polar surface area (TPSA) is 20.3 Å². The van der Waals surface area contributed by atoms with Gasteiger partial charge in [0, 0.05) is 13.6 Å². The number of carbonyl (C=O) groups is 1. The Hall–Kier alpha value is -2.23. The minimum Gasteiger partial charge on any atom is -0.341 e. The quantitative estimate of drug-likeness (QED) is 0.844. The van der Waals surface area contributed by atoms with Gasteiger partial charge in [-0.2, -0.15) is 0 Å². The molecule has 0 saturated heterocycles. The van der Waals surface area contributed by atoms with Crippen molar-refractivity contribution in [1.29, 1.82) is 0 Å². The van der Waals surface area contributed by atoms with Crippen LogP contribution in [0.15, 0.2) is 42.5 Å². The number of likely N-dealkylation sites (N-methyl/N-ethyl adjacent to an activating group) is 1. The second-order valence-corrected chi connectivity index (χ2v) is 5.10. The van der Waals surface area contributed by atoms with Crippen LogP contribution in [0.3, 0.4) is 0 Å². The lowest BCUT2D eigenvalue weighted by Crippen LogP contribution is -2.28. The maximum absolute atomic E-state index is 13.2. The van der Waals surface area contributed by atoms with Gasteiger partial charge in [-0.15, -0.1) is 0 Å². The van der Waals surface area contributed by atoms with Gasteiger partial charge in [0.1, 0.15) is 0 Å². The van der Waals surface area contributed by atoms with Crippen LogP contribution >= 0.6 is 0 Å². The summed E-state index contributed by atoms with van der Waals surface area (Å²) in [4.78, 5) is 13.7. The molecule has 0 spiro atoms. The fourth-order valence-corrected chi connectivity index (χ4v) is 2.11. The Morgan fingerprint density at radius 3 is 2.48 bits per heavy atom. The van der Waals surface area contributed by atoms with E-state index in [-0.39, 0.29) is 12.5 Å². The maximum atomic E-state index is 13.2. The molecule has 2 aromatic carbocycles. The Bertz CT molecular complexity index is 655. The summed E-state index contributed by atoms with van der Waals surface area (Å²) in [5, 5.41) is 0. The van der Waals surface area contributed by atoms with Crippen molar-refractivity contribution in [3.8, 4) is 0 Å². The van der Waals surface area contributed by atoms with E-state index in [4.69, 9.17) is 0 Å². The van der Waals surface area contributed by atoms with Gasteiger partial charge >= 0.3 is 0 Å². The Labute approximate surface area is 123 Å². The van der Waals surface area contributed by atoms with E-state index < -0.39 is 11.6 Å². The van der Waals surface area contributed by atoms with Gasteiger partial charge in [0.15, 0.2) is 11.6 Å². The summed E-state index contributed by atoms with van der Waals surface area (Å²) in [6.45, 7) is 2.21. The van der Waals surface area contributed by atoms with Crippen LogP contribution in [0.2, 0.25) is 0 Å². The first-order chi connectivity index (χ1) is 9.97. The number of hydrogen-bond acceptors (Lipinski definition) is 1. The van der Waals surface area contributed by atoms with Gasteiger partial charge in [0.25, 0.3) is 0 Å². The molecule has 110 valence electrons. The van der Waals surface area contributed by atoms with Crippen molar-refractivity contribution < 1.29 is 13.6 Å². The number of benzene rings is 2. The minimum atomic E-state index is -0.896. The molecule has 0 aromatic heterocycles. The molecule has 0 aliphatic carbocycles. The third kappa shape index (κ3) is 3.88. The van der Waals surface area contributed by atoms with Gasteiger partial charge in [0.2, 0.25) is 5.91 Å². The fraction of sp³-hybridized carbons (Fsp3) is 0.235. The Balaban J connectivity index is 2.02. The molecule has 0 atom stereocenters. The van der Waals surface area contributed by atoms with Crippen molar-refractivity contribution in [2.45, 2.75) is 19.9 Å². The Morgan fingerprint density at radius 1 is 1.10 bits per heavy atom. The van der Waals surface area contributed by atoms with Crippen LogP contribution in [0, 0.1) is 18.6 Å². The number of aryl methyl sites for hydroxylation is 1. The second-order valence-electron chi connectivity index (χ2n) is 5.10. The monoisotopic (exact) mass is 289 g/mol. The lowest BCUT2D eigenvalue weighted by Gasteiger charge is -2.18. The Morgan fingerprint density at radius 2 is 1.81 bits per heavy atom. The average molecular weight is 289 g/mol. The number of nitrogens with zero attached hydrogens (tertiary/aromatic N) is 1. The first-order valence-electron chi connectivity index (χ1n) is 6.70. The highest BCUT2D eigenvalue weighted by molar-refractivity contribution is 5.78. The second kappa shape index (κ2) is 6.48. The van der Waals surface area contributed by atoms with Gasteiger partial charge in [-0.05, 0) is 35.7 Å². The fourth-order valence-electron chi connectivity index (χ4n) is 2.11. The number of hydrogen-bond donors (Lipinski definition) is 0. The molecule has 2 nitrogen and oxygen atoms in total. The molecule has 2 rings (SSSR count). The number of carbonyl (C=O) groups excluding carboxylic acids is 1. The standard InChI is InChI=1S/C17H17F2NO/c1-12-5-3-4-6-14(12)10-17(21)20(2)11-13-7-8-15(18)16(19)9-13/h3-9H,10-11H2,1-2H3. The van der Waals surface area contributed by atoms with Crippen LogP contribution < -0.4 is 0 Å². The molecule has 21 heavy (non-hydrogen) atoms. The van der Waals surface area contributed by atoms with E-state index in [9.17, 15) is 13.6 Å². The summed E-state index contributed by atoms with van der Waals surface area (Å²) < 4.78 is 26.0. The normalized spacial score (nSPS) is 10.5. The predicted molar refractivity (Wildman–Crippen MR) is 77.7 cm³/mol. The molecule has 0 heterocycles. The molecular formula is C17H17F2NO. The molecule has 1 amide bonds. The van der Waals surface area contributed by atoms with E-state index in [0.717, 1.165) is 23.3 Å². The lowest BCUT2D eigenvalue weighted by molar-refractivity contribution is -0.129. The first-order valence-corrected chi connectivity index (χ1v) is 6.70. The van der Waals surface area contributed by atoms with Crippen molar-refractivity contribution in [2.75, 3.05) is 7.05 Å². The van der Waals surface area contributed by atoms with Crippen molar-refractivity contribution >= 4 is 5.91 Å². The largest absolute Gasteiger partial charge is 0.341 e. The minimum absolute atomic E-state index is 0.0611.